The van der Waals surface area contributed by atoms with Crippen LogP contribution in [0.4, 0.5) is 5.82 Å². The first kappa shape index (κ1) is 12.9. The van der Waals surface area contributed by atoms with Gasteiger partial charge >= 0.3 is 5.97 Å². The maximum Gasteiger partial charge on any atom is 0.335 e. The zero-order valence-corrected chi connectivity index (χ0v) is 11.0. The largest absolute Gasteiger partial charge is 0.478 e. The smallest absolute Gasteiger partial charge is 0.335 e. The third kappa shape index (κ3) is 2.81. The number of carboxylic acids is 1. The van der Waals surface area contributed by atoms with E-state index in [1.807, 2.05) is 0 Å². The van der Waals surface area contributed by atoms with Crippen LogP contribution in [0.3, 0.4) is 0 Å². The first-order chi connectivity index (χ1) is 8.52. The molecule has 0 atom stereocenters. The van der Waals surface area contributed by atoms with Crippen molar-refractivity contribution in [1.82, 2.24) is 4.98 Å². The fraction of sp³-hybridized carbons (Fsp3) is 0.571. The standard InChI is InChI=1S/C14H20N2O2/c1-3-5-11-8-10(13(17)18)9-12(15-11)16-14(2)6-4-7-14/h8-9H,3-7H2,1-2H3,(H,15,16)(H,17,18). The number of nitrogens with one attached hydrogen (secondary N) is 1. The van der Waals surface area contributed by atoms with Crippen LogP contribution in [0.5, 0.6) is 0 Å². The Balaban J connectivity index is 2.24. The molecule has 1 aliphatic rings. The van der Waals surface area contributed by atoms with Crippen LogP contribution in [-0.2, 0) is 6.42 Å². The lowest BCUT2D eigenvalue weighted by Crippen LogP contribution is -2.42. The van der Waals surface area contributed by atoms with Crippen LogP contribution in [-0.4, -0.2) is 21.6 Å². The molecule has 18 heavy (non-hydrogen) atoms. The van der Waals surface area contributed by atoms with E-state index in [1.54, 1.807) is 12.1 Å². The van der Waals surface area contributed by atoms with E-state index in [0.717, 1.165) is 31.4 Å². The van der Waals surface area contributed by atoms with Crippen molar-refractivity contribution in [3.05, 3.63) is 23.4 Å². The van der Waals surface area contributed by atoms with Gasteiger partial charge in [0.05, 0.1) is 5.56 Å². The number of hydrogen-bond acceptors (Lipinski definition) is 3. The molecular weight excluding hydrogens is 228 g/mol. The molecule has 0 spiro atoms. The summed E-state index contributed by atoms with van der Waals surface area (Å²) < 4.78 is 0. The van der Waals surface area contributed by atoms with Crippen molar-refractivity contribution in [2.24, 2.45) is 0 Å². The monoisotopic (exact) mass is 248 g/mol. The highest BCUT2D eigenvalue weighted by atomic mass is 16.4. The van der Waals surface area contributed by atoms with Gasteiger partial charge in [0, 0.05) is 11.2 Å². The molecule has 0 amide bonds. The Labute approximate surface area is 107 Å². The molecule has 0 radical (unpaired) electrons. The molecule has 0 unspecified atom stereocenters. The van der Waals surface area contributed by atoms with Crippen LogP contribution in [0.15, 0.2) is 12.1 Å². The second-order valence-electron chi connectivity index (χ2n) is 5.33. The molecule has 2 N–H and O–H groups in total. The zero-order valence-electron chi connectivity index (χ0n) is 11.0. The first-order valence-corrected chi connectivity index (χ1v) is 6.55. The summed E-state index contributed by atoms with van der Waals surface area (Å²) in [4.78, 5) is 15.6. The molecule has 1 fully saturated rings. The van der Waals surface area contributed by atoms with Crippen molar-refractivity contribution in [2.45, 2.75) is 51.5 Å². The SMILES string of the molecule is CCCc1cc(C(=O)O)cc(NC2(C)CCC2)n1. The van der Waals surface area contributed by atoms with E-state index < -0.39 is 5.97 Å². The quantitative estimate of drug-likeness (QED) is 0.840. The Hall–Kier alpha value is -1.58. The summed E-state index contributed by atoms with van der Waals surface area (Å²) in [7, 11) is 0. The van der Waals surface area contributed by atoms with Gasteiger partial charge in [-0.1, -0.05) is 13.3 Å². The Morgan fingerprint density at radius 1 is 1.50 bits per heavy atom. The molecule has 98 valence electrons. The average Bonchev–Trinajstić information content (AvgIpc) is 2.27. The maximum absolute atomic E-state index is 11.1. The van der Waals surface area contributed by atoms with Crippen molar-refractivity contribution >= 4 is 11.8 Å². The molecule has 4 nitrogen and oxygen atoms in total. The molecule has 2 rings (SSSR count). The highest BCUT2D eigenvalue weighted by molar-refractivity contribution is 5.88. The number of nitrogens with zero attached hydrogens (tertiary/aromatic N) is 1. The number of carbonyl (C=O) groups is 1. The molecular formula is C14H20N2O2. The van der Waals surface area contributed by atoms with E-state index in [1.165, 1.54) is 6.42 Å². The van der Waals surface area contributed by atoms with Crippen LogP contribution in [0.25, 0.3) is 0 Å². The summed E-state index contributed by atoms with van der Waals surface area (Å²) in [6.07, 6.45) is 5.24. The van der Waals surface area contributed by atoms with Crippen LogP contribution in [0.1, 0.15) is 55.6 Å². The minimum atomic E-state index is -0.892. The Bertz CT molecular complexity index is 453. The van der Waals surface area contributed by atoms with Crippen molar-refractivity contribution in [3.63, 3.8) is 0 Å². The number of hydrogen-bond donors (Lipinski definition) is 2. The zero-order chi connectivity index (χ0) is 13.2. The van der Waals surface area contributed by atoms with Gasteiger partial charge in [-0.05, 0) is 44.7 Å². The lowest BCUT2D eigenvalue weighted by Gasteiger charge is -2.39. The summed E-state index contributed by atoms with van der Waals surface area (Å²) >= 11 is 0. The van der Waals surface area contributed by atoms with Gasteiger partial charge in [0.15, 0.2) is 0 Å². The van der Waals surface area contributed by atoms with Gasteiger partial charge in [0.2, 0.25) is 0 Å². The summed E-state index contributed by atoms with van der Waals surface area (Å²) in [6, 6.07) is 3.30. The van der Waals surface area contributed by atoms with Gasteiger partial charge in [-0.15, -0.1) is 0 Å². The number of rotatable bonds is 5. The Kier molecular flexibility index (Phi) is 3.55. The second-order valence-corrected chi connectivity index (χ2v) is 5.33. The van der Waals surface area contributed by atoms with Gasteiger partial charge in [-0.25, -0.2) is 9.78 Å². The Morgan fingerprint density at radius 3 is 2.72 bits per heavy atom. The topological polar surface area (TPSA) is 62.2 Å². The molecule has 0 aromatic carbocycles. The molecule has 0 aliphatic heterocycles. The van der Waals surface area contributed by atoms with E-state index in [9.17, 15) is 4.79 Å². The summed E-state index contributed by atoms with van der Waals surface area (Å²) in [5.74, 6) is -0.197. The molecule has 0 saturated heterocycles. The molecule has 4 heteroatoms. The van der Waals surface area contributed by atoms with E-state index in [-0.39, 0.29) is 5.54 Å². The number of aromatic carboxylic acids is 1. The minimum Gasteiger partial charge on any atom is -0.478 e. The van der Waals surface area contributed by atoms with Crippen molar-refractivity contribution in [2.75, 3.05) is 5.32 Å². The summed E-state index contributed by atoms with van der Waals surface area (Å²) in [6.45, 7) is 4.22. The van der Waals surface area contributed by atoms with Crippen LogP contribution >= 0.6 is 0 Å². The van der Waals surface area contributed by atoms with Gasteiger partial charge in [0.25, 0.3) is 0 Å². The van der Waals surface area contributed by atoms with Gasteiger partial charge in [0.1, 0.15) is 5.82 Å². The van der Waals surface area contributed by atoms with Crippen molar-refractivity contribution in [3.8, 4) is 0 Å². The minimum absolute atomic E-state index is 0.0909. The van der Waals surface area contributed by atoms with Gasteiger partial charge < -0.3 is 10.4 Å². The number of pyridine rings is 1. The van der Waals surface area contributed by atoms with Gasteiger partial charge in [-0.3, -0.25) is 0 Å². The first-order valence-electron chi connectivity index (χ1n) is 6.55. The lowest BCUT2D eigenvalue weighted by atomic mass is 9.78. The Morgan fingerprint density at radius 2 is 2.22 bits per heavy atom. The molecule has 1 aromatic rings. The predicted molar refractivity (Wildman–Crippen MR) is 71.1 cm³/mol. The highest BCUT2D eigenvalue weighted by Crippen LogP contribution is 2.34. The van der Waals surface area contributed by atoms with E-state index in [0.29, 0.717) is 11.4 Å². The third-order valence-corrected chi connectivity index (χ3v) is 3.52. The second kappa shape index (κ2) is 4.96. The normalized spacial score (nSPS) is 17.0. The fourth-order valence-corrected chi connectivity index (χ4v) is 2.30. The van der Waals surface area contributed by atoms with E-state index in [4.69, 9.17) is 5.11 Å². The van der Waals surface area contributed by atoms with E-state index >= 15 is 0 Å². The molecule has 1 aliphatic carbocycles. The average molecular weight is 248 g/mol. The maximum atomic E-state index is 11.1. The van der Waals surface area contributed by atoms with Crippen LogP contribution in [0, 0.1) is 0 Å². The predicted octanol–water partition coefficient (Wildman–Crippen LogP) is 3.09. The van der Waals surface area contributed by atoms with E-state index in [2.05, 4.69) is 24.1 Å². The molecule has 1 heterocycles. The summed E-state index contributed by atoms with van der Waals surface area (Å²) in [5.41, 5.74) is 1.26. The third-order valence-electron chi connectivity index (χ3n) is 3.52. The lowest BCUT2D eigenvalue weighted by molar-refractivity contribution is 0.0696. The number of aryl methyl sites for hydroxylation is 1. The summed E-state index contributed by atoms with van der Waals surface area (Å²) in [5, 5.41) is 12.5. The van der Waals surface area contributed by atoms with Crippen molar-refractivity contribution < 1.29 is 9.90 Å². The number of anilines is 1. The molecule has 1 saturated carbocycles. The van der Waals surface area contributed by atoms with Crippen LogP contribution < -0.4 is 5.32 Å². The fourth-order valence-electron chi connectivity index (χ4n) is 2.30. The van der Waals surface area contributed by atoms with Crippen LogP contribution in [0.2, 0.25) is 0 Å². The highest BCUT2D eigenvalue weighted by Gasteiger charge is 2.31. The number of aromatic nitrogens is 1. The number of carboxylic acid groups (broad SMARTS) is 1. The molecule has 0 bridgehead atoms. The van der Waals surface area contributed by atoms with Crippen molar-refractivity contribution in [1.29, 1.82) is 0 Å². The van der Waals surface area contributed by atoms with Gasteiger partial charge in [-0.2, -0.15) is 0 Å². The molecule has 1 aromatic heterocycles.